The summed E-state index contributed by atoms with van der Waals surface area (Å²) in [7, 11) is 0. The molecule has 4 amide bonds. The van der Waals surface area contributed by atoms with Crippen molar-refractivity contribution in [3.05, 3.63) is 24.2 Å². The first-order chi connectivity index (χ1) is 11.6. The quantitative estimate of drug-likeness (QED) is 0.625. The van der Waals surface area contributed by atoms with Crippen LogP contribution in [0.3, 0.4) is 0 Å². The Hall–Kier alpha value is -2.48. The summed E-state index contributed by atoms with van der Waals surface area (Å²) in [5.41, 5.74) is 6.03. The van der Waals surface area contributed by atoms with Crippen molar-refractivity contribution in [3.8, 4) is 0 Å². The van der Waals surface area contributed by atoms with Crippen LogP contribution < -0.4 is 11.1 Å². The molecule has 1 aliphatic carbocycles. The van der Waals surface area contributed by atoms with Gasteiger partial charge in [-0.1, -0.05) is 12.8 Å². The summed E-state index contributed by atoms with van der Waals surface area (Å²) in [6.07, 6.45) is 6.61. The molecule has 1 aromatic heterocycles. The van der Waals surface area contributed by atoms with Gasteiger partial charge in [-0.2, -0.15) is 0 Å². The molecule has 0 bridgehead atoms. The Kier molecular flexibility index (Phi) is 4.75. The summed E-state index contributed by atoms with van der Waals surface area (Å²) in [6, 6.07) is 2.42. The lowest BCUT2D eigenvalue weighted by Gasteiger charge is -2.29. The second-order valence-corrected chi connectivity index (χ2v) is 6.09. The molecule has 2 fully saturated rings. The highest BCUT2D eigenvalue weighted by molar-refractivity contribution is 6.23. The van der Waals surface area contributed by atoms with Crippen molar-refractivity contribution < 1.29 is 18.8 Å². The number of nitrogens with zero attached hydrogens (tertiary/aromatic N) is 2. The highest BCUT2D eigenvalue weighted by atomic mass is 16.3. The van der Waals surface area contributed by atoms with E-state index in [4.69, 9.17) is 10.2 Å². The fourth-order valence-corrected chi connectivity index (χ4v) is 2.99. The third-order valence-electron chi connectivity index (χ3n) is 4.39. The van der Waals surface area contributed by atoms with Crippen molar-refractivity contribution in [1.29, 1.82) is 0 Å². The van der Waals surface area contributed by atoms with Crippen LogP contribution in [0, 0.1) is 5.92 Å². The number of nitrogens with one attached hydrogen (secondary N) is 1. The zero-order valence-corrected chi connectivity index (χ0v) is 13.2. The van der Waals surface area contributed by atoms with E-state index in [0.29, 0.717) is 5.76 Å². The number of rotatable bonds is 4. The summed E-state index contributed by atoms with van der Waals surface area (Å²) >= 11 is 0. The number of carbonyl (C=O) groups excluding carboxylic acids is 3. The molecular formula is C16H20N4O4. The maximum absolute atomic E-state index is 12.5. The maximum atomic E-state index is 12.5. The normalized spacial score (nSPS) is 28.5. The van der Waals surface area contributed by atoms with E-state index in [1.54, 1.807) is 12.1 Å². The van der Waals surface area contributed by atoms with E-state index in [0.717, 1.165) is 30.6 Å². The number of aliphatic imine (C=N–C) groups is 1. The van der Waals surface area contributed by atoms with Gasteiger partial charge in [-0.25, -0.2) is 4.79 Å². The van der Waals surface area contributed by atoms with E-state index >= 15 is 0 Å². The molecule has 1 saturated carbocycles. The van der Waals surface area contributed by atoms with Crippen molar-refractivity contribution >= 4 is 24.1 Å². The lowest BCUT2D eigenvalue weighted by molar-refractivity contribution is -0.139. The average molecular weight is 332 g/mol. The van der Waals surface area contributed by atoms with Gasteiger partial charge >= 0.3 is 6.03 Å². The minimum atomic E-state index is -1.12. The molecule has 3 atom stereocenters. The van der Waals surface area contributed by atoms with E-state index in [-0.39, 0.29) is 18.6 Å². The van der Waals surface area contributed by atoms with E-state index in [1.807, 2.05) is 0 Å². The lowest BCUT2D eigenvalue weighted by atomic mass is 9.91. The van der Waals surface area contributed by atoms with Crippen LogP contribution in [-0.2, 0) is 16.1 Å². The van der Waals surface area contributed by atoms with Crippen molar-refractivity contribution in [3.63, 3.8) is 0 Å². The van der Waals surface area contributed by atoms with Crippen LogP contribution in [0.25, 0.3) is 0 Å². The van der Waals surface area contributed by atoms with Crippen molar-refractivity contribution in [2.24, 2.45) is 16.6 Å². The van der Waals surface area contributed by atoms with Crippen molar-refractivity contribution in [2.45, 2.75) is 44.3 Å². The maximum Gasteiger partial charge on any atom is 0.331 e. The number of barbiturate groups is 1. The minimum absolute atomic E-state index is 0.0295. The largest absolute Gasteiger partial charge is 0.467 e. The summed E-state index contributed by atoms with van der Waals surface area (Å²) in [5.74, 6) is -1.92. The molecule has 3 rings (SSSR count). The first-order valence-electron chi connectivity index (χ1n) is 8.03. The van der Waals surface area contributed by atoms with E-state index in [2.05, 4.69) is 10.3 Å². The van der Waals surface area contributed by atoms with Crippen LogP contribution in [0.15, 0.2) is 27.8 Å². The summed E-state index contributed by atoms with van der Waals surface area (Å²) in [4.78, 5) is 41.7. The Morgan fingerprint density at radius 1 is 1.33 bits per heavy atom. The first kappa shape index (κ1) is 16.4. The summed E-state index contributed by atoms with van der Waals surface area (Å²) < 4.78 is 5.16. The van der Waals surface area contributed by atoms with E-state index in [9.17, 15) is 14.4 Å². The molecule has 8 heteroatoms. The number of amides is 4. The smallest absolute Gasteiger partial charge is 0.331 e. The van der Waals surface area contributed by atoms with Crippen LogP contribution in [0.1, 0.15) is 31.4 Å². The number of carbonyl (C=O) groups is 3. The van der Waals surface area contributed by atoms with Crippen LogP contribution in [-0.4, -0.2) is 41.0 Å². The van der Waals surface area contributed by atoms with Crippen LogP contribution >= 0.6 is 0 Å². The monoisotopic (exact) mass is 332 g/mol. The molecule has 2 heterocycles. The van der Waals surface area contributed by atoms with Gasteiger partial charge in [0.1, 0.15) is 5.76 Å². The van der Waals surface area contributed by atoms with Crippen LogP contribution in [0.4, 0.5) is 4.79 Å². The Balaban J connectivity index is 1.72. The van der Waals surface area contributed by atoms with Gasteiger partial charge in [0.25, 0.3) is 0 Å². The molecule has 1 aromatic rings. The Morgan fingerprint density at radius 2 is 2.12 bits per heavy atom. The minimum Gasteiger partial charge on any atom is -0.467 e. The second kappa shape index (κ2) is 6.96. The molecule has 128 valence electrons. The molecule has 0 aromatic carbocycles. The second-order valence-electron chi connectivity index (χ2n) is 6.09. The van der Waals surface area contributed by atoms with Crippen molar-refractivity contribution in [2.75, 3.05) is 0 Å². The van der Waals surface area contributed by atoms with Gasteiger partial charge in [-0.05, 0) is 25.0 Å². The molecule has 0 unspecified atom stereocenters. The van der Waals surface area contributed by atoms with Gasteiger partial charge < -0.3 is 10.2 Å². The van der Waals surface area contributed by atoms with Crippen LogP contribution in [0.2, 0.25) is 0 Å². The fourth-order valence-electron chi connectivity index (χ4n) is 2.99. The van der Waals surface area contributed by atoms with Gasteiger partial charge in [0.15, 0.2) is 5.92 Å². The van der Waals surface area contributed by atoms with Crippen molar-refractivity contribution in [1.82, 2.24) is 10.2 Å². The number of hydrogen-bond donors (Lipinski definition) is 2. The van der Waals surface area contributed by atoms with Gasteiger partial charge in [-0.15, -0.1) is 0 Å². The third kappa shape index (κ3) is 3.38. The Bertz CT molecular complexity index is 655. The number of nitrogens with two attached hydrogens (primary N) is 1. The third-order valence-corrected chi connectivity index (χ3v) is 4.39. The van der Waals surface area contributed by atoms with Gasteiger partial charge in [0.05, 0.1) is 18.8 Å². The van der Waals surface area contributed by atoms with Gasteiger partial charge in [-0.3, -0.25) is 24.8 Å². The number of hydrogen-bond acceptors (Lipinski definition) is 6. The molecule has 1 saturated heterocycles. The molecule has 1 aliphatic heterocycles. The molecule has 8 nitrogen and oxygen atoms in total. The SMILES string of the molecule is N[C@H]1CCCC[C@H]1N=C[C@H]1C(=O)NC(=O)N(Cc2ccco2)C1=O. The molecular weight excluding hydrogens is 312 g/mol. The molecule has 24 heavy (non-hydrogen) atoms. The molecule has 2 aliphatic rings. The standard InChI is InChI=1S/C16H20N4O4/c17-12-5-1-2-6-13(12)18-8-11-14(21)19-16(23)20(15(11)22)9-10-4-3-7-24-10/h3-4,7-8,11-13H,1-2,5-6,9,17H2,(H,19,21,23)/t11-,12-,13+/m0/s1. The summed E-state index contributed by atoms with van der Waals surface area (Å²) in [5, 5.41) is 2.18. The zero-order valence-electron chi connectivity index (χ0n) is 13.2. The molecule has 0 spiro atoms. The van der Waals surface area contributed by atoms with Gasteiger partial charge in [0.2, 0.25) is 11.8 Å². The number of imide groups is 2. The average Bonchev–Trinajstić information content (AvgIpc) is 3.06. The predicted molar refractivity (Wildman–Crippen MR) is 85.0 cm³/mol. The van der Waals surface area contributed by atoms with E-state index in [1.165, 1.54) is 12.5 Å². The fraction of sp³-hybridized carbons (Fsp3) is 0.500. The van der Waals surface area contributed by atoms with Crippen LogP contribution in [0.5, 0.6) is 0 Å². The number of urea groups is 1. The zero-order chi connectivity index (χ0) is 17.1. The highest BCUT2D eigenvalue weighted by Gasteiger charge is 2.40. The topological polar surface area (TPSA) is 118 Å². The Morgan fingerprint density at radius 3 is 2.83 bits per heavy atom. The van der Waals surface area contributed by atoms with Gasteiger partial charge in [0, 0.05) is 12.3 Å². The molecule has 3 N–H and O–H groups in total. The first-order valence-corrected chi connectivity index (χ1v) is 8.03. The van der Waals surface area contributed by atoms with E-state index < -0.39 is 23.8 Å². The predicted octanol–water partition coefficient (Wildman–Crippen LogP) is 0.815. The molecule has 0 radical (unpaired) electrons. The Labute approximate surface area is 139 Å². The lowest BCUT2D eigenvalue weighted by Crippen LogP contribution is -2.58. The summed E-state index contributed by atoms with van der Waals surface area (Å²) in [6.45, 7) is -0.0295. The highest BCUT2D eigenvalue weighted by Crippen LogP contribution is 2.20. The number of furan rings is 1.